The number of benzene rings is 3. The number of rotatable bonds is 6. The molecule has 1 unspecified atom stereocenters. The van der Waals surface area contributed by atoms with Gasteiger partial charge in [0.25, 0.3) is 17.1 Å². The highest BCUT2D eigenvalue weighted by Gasteiger charge is 2.39. The Hall–Kier alpha value is -3.92. The molecular weight excluding hydrogens is 559 g/mol. The Balaban J connectivity index is 1.34. The number of anilines is 1. The van der Waals surface area contributed by atoms with Crippen LogP contribution in [0.15, 0.2) is 94.9 Å². The molecule has 2 aliphatic heterocycles. The molecule has 0 bridgehead atoms. The van der Waals surface area contributed by atoms with Gasteiger partial charge in [-0.3, -0.25) is 24.1 Å². The van der Waals surface area contributed by atoms with Crippen molar-refractivity contribution >= 4 is 69.3 Å². The molecule has 0 radical (unpaired) electrons. The monoisotopic (exact) mass is 578 g/mol. The van der Waals surface area contributed by atoms with E-state index in [2.05, 4.69) is 10.4 Å². The zero-order valence-corrected chi connectivity index (χ0v) is 22.5. The van der Waals surface area contributed by atoms with E-state index in [4.69, 9.17) is 23.2 Å². The van der Waals surface area contributed by atoms with Crippen LogP contribution in [0.4, 0.5) is 10.5 Å². The molecular formula is C28H20Cl2N4O4S. The minimum absolute atomic E-state index is 0.0810. The highest BCUT2D eigenvalue weighted by molar-refractivity contribution is 8.18. The summed E-state index contributed by atoms with van der Waals surface area (Å²) in [6.45, 7) is -0.494. The number of hydrogen-bond donors (Lipinski definition) is 1. The third-order valence-corrected chi connectivity index (χ3v) is 7.47. The van der Waals surface area contributed by atoms with E-state index in [0.717, 1.165) is 22.1 Å². The van der Waals surface area contributed by atoms with Gasteiger partial charge in [-0.05, 0) is 59.3 Å². The van der Waals surface area contributed by atoms with Crippen molar-refractivity contribution in [1.29, 1.82) is 0 Å². The van der Waals surface area contributed by atoms with Crippen molar-refractivity contribution in [3.05, 3.63) is 111 Å². The highest BCUT2D eigenvalue weighted by Crippen LogP contribution is 2.35. The van der Waals surface area contributed by atoms with Crippen molar-refractivity contribution in [1.82, 2.24) is 9.91 Å². The molecule has 11 heteroatoms. The van der Waals surface area contributed by atoms with E-state index in [9.17, 15) is 19.2 Å². The fourth-order valence-electron chi connectivity index (χ4n) is 4.16. The first-order valence-corrected chi connectivity index (χ1v) is 13.4. The maximum absolute atomic E-state index is 13.4. The molecule has 5 rings (SSSR count). The lowest BCUT2D eigenvalue weighted by atomic mass is 9.98. The maximum Gasteiger partial charge on any atom is 0.294 e. The van der Waals surface area contributed by atoms with Crippen molar-refractivity contribution in [2.24, 2.45) is 5.10 Å². The molecule has 0 saturated carbocycles. The van der Waals surface area contributed by atoms with Crippen LogP contribution in [0.2, 0.25) is 10.0 Å². The van der Waals surface area contributed by atoms with Crippen LogP contribution >= 0.6 is 35.0 Å². The second-order valence-electron chi connectivity index (χ2n) is 8.69. The van der Waals surface area contributed by atoms with Gasteiger partial charge in [0.2, 0.25) is 5.91 Å². The summed E-state index contributed by atoms with van der Waals surface area (Å²) in [7, 11) is 0. The second kappa shape index (κ2) is 11.4. The minimum atomic E-state index is -0.723. The third-order valence-electron chi connectivity index (χ3n) is 6.06. The average Bonchev–Trinajstić information content (AvgIpc) is 3.49. The Kier molecular flexibility index (Phi) is 7.83. The molecule has 8 nitrogen and oxygen atoms in total. The second-order valence-corrected chi connectivity index (χ2v) is 10.6. The van der Waals surface area contributed by atoms with Crippen LogP contribution in [-0.2, 0) is 14.4 Å². The normalized spacial score (nSPS) is 18.1. The lowest BCUT2D eigenvalue weighted by Crippen LogP contribution is -2.36. The highest BCUT2D eigenvalue weighted by atomic mass is 35.5. The number of amides is 4. The lowest BCUT2D eigenvalue weighted by Gasteiger charge is -2.21. The van der Waals surface area contributed by atoms with Crippen molar-refractivity contribution in [3.8, 4) is 0 Å². The Bertz CT molecular complexity index is 1510. The zero-order valence-electron chi connectivity index (χ0n) is 20.2. The number of nitrogens with one attached hydrogen (secondary N) is 1. The SMILES string of the molecule is O=C(CN1C(=O)S/C(=C\C(=O)N2N=C(c3ccccc3)CC2c2ccc(Cl)cc2)C1=O)Nc1ccc(Cl)cc1. The van der Waals surface area contributed by atoms with Crippen LogP contribution in [0.1, 0.15) is 23.6 Å². The largest absolute Gasteiger partial charge is 0.325 e. The number of carbonyl (C=O) groups is 4. The molecule has 1 saturated heterocycles. The molecule has 1 fully saturated rings. The molecule has 2 heterocycles. The molecule has 2 aliphatic rings. The third kappa shape index (κ3) is 6.06. The standard InChI is InChI=1S/C28H20Cl2N4O4S/c29-19-8-6-18(7-9-19)23-14-22(17-4-2-1-3-5-17)32-34(23)26(36)15-24-27(37)33(28(38)39-24)16-25(35)31-21-12-10-20(30)11-13-21/h1-13,15,23H,14,16H2,(H,31,35)/b24-15-. The van der Waals surface area contributed by atoms with E-state index in [1.54, 1.807) is 36.4 Å². The van der Waals surface area contributed by atoms with Crippen molar-refractivity contribution in [2.75, 3.05) is 11.9 Å². The van der Waals surface area contributed by atoms with Gasteiger partial charge in [0, 0.05) is 28.2 Å². The van der Waals surface area contributed by atoms with Gasteiger partial charge in [-0.15, -0.1) is 0 Å². The number of nitrogens with zero attached hydrogens (tertiary/aromatic N) is 3. The average molecular weight is 579 g/mol. The predicted molar refractivity (Wildman–Crippen MR) is 151 cm³/mol. The number of thioether (sulfide) groups is 1. The summed E-state index contributed by atoms with van der Waals surface area (Å²) in [6.07, 6.45) is 1.56. The number of imide groups is 1. The zero-order chi connectivity index (χ0) is 27.5. The molecule has 3 aromatic carbocycles. The van der Waals surface area contributed by atoms with Gasteiger partial charge in [-0.2, -0.15) is 5.10 Å². The van der Waals surface area contributed by atoms with Crippen LogP contribution in [0.25, 0.3) is 0 Å². The Labute approximate surface area is 238 Å². The lowest BCUT2D eigenvalue weighted by molar-refractivity contribution is -0.129. The van der Waals surface area contributed by atoms with Crippen molar-refractivity contribution in [2.45, 2.75) is 12.5 Å². The molecule has 39 heavy (non-hydrogen) atoms. The fourth-order valence-corrected chi connectivity index (χ4v) is 5.21. The van der Waals surface area contributed by atoms with E-state index in [-0.39, 0.29) is 4.91 Å². The first-order chi connectivity index (χ1) is 18.8. The number of halogens is 2. The van der Waals surface area contributed by atoms with Gasteiger partial charge in [0.15, 0.2) is 0 Å². The summed E-state index contributed by atoms with van der Waals surface area (Å²) in [6, 6.07) is 22.6. The summed E-state index contributed by atoms with van der Waals surface area (Å²) in [5, 5.41) is 8.92. The topological polar surface area (TPSA) is 99.2 Å². The van der Waals surface area contributed by atoms with Gasteiger partial charge in [0.05, 0.1) is 16.7 Å². The van der Waals surface area contributed by atoms with Gasteiger partial charge in [0.1, 0.15) is 6.54 Å². The first-order valence-electron chi connectivity index (χ1n) is 11.8. The van der Waals surface area contributed by atoms with Gasteiger partial charge < -0.3 is 5.32 Å². The van der Waals surface area contributed by atoms with E-state index in [1.165, 1.54) is 5.01 Å². The molecule has 1 atom stereocenters. The molecule has 4 amide bonds. The Morgan fingerprint density at radius 1 is 0.949 bits per heavy atom. The summed E-state index contributed by atoms with van der Waals surface area (Å²) in [5.41, 5.74) is 2.88. The molecule has 0 aliphatic carbocycles. The number of carbonyl (C=O) groups excluding carboxylic acids is 4. The first kappa shape index (κ1) is 26.7. The number of hydrogen-bond acceptors (Lipinski definition) is 6. The smallest absolute Gasteiger partial charge is 0.294 e. The quantitative estimate of drug-likeness (QED) is 0.368. The van der Waals surface area contributed by atoms with Gasteiger partial charge >= 0.3 is 0 Å². The van der Waals surface area contributed by atoms with Crippen molar-refractivity contribution in [3.63, 3.8) is 0 Å². The van der Waals surface area contributed by atoms with Crippen molar-refractivity contribution < 1.29 is 19.2 Å². The summed E-state index contributed by atoms with van der Waals surface area (Å²) in [5.74, 6) is -1.84. The van der Waals surface area contributed by atoms with Crippen LogP contribution in [0.5, 0.6) is 0 Å². The van der Waals surface area contributed by atoms with Crippen LogP contribution in [0, 0.1) is 0 Å². The predicted octanol–water partition coefficient (Wildman–Crippen LogP) is 5.89. The van der Waals surface area contributed by atoms with Crippen LogP contribution in [-0.4, -0.2) is 45.1 Å². The number of hydrazone groups is 1. The van der Waals surface area contributed by atoms with E-state index in [0.29, 0.717) is 39.6 Å². The fraction of sp³-hybridized carbons (Fsp3) is 0.107. The van der Waals surface area contributed by atoms with Crippen LogP contribution < -0.4 is 5.32 Å². The molecule has 3 aromatic rings. The van der Waals surface area contributed by atoms with Gasteiger partial charge in [-0.25, -0.2) is 5.01 Å². The molecule has 196 valence electrons. The molecule has 1 N–H and O–H groups in total. The molecule has 0 spiro atoms. The molecule has 0 aromatic heterocycles. The van der Waals surface area contributed by atoms with E-state index in [1.807, 2.05) is 42.5 Å². The van der Waals surface area contributed by atoms with Crippen LogP contribution in [0.3, 0.4) is 0 Å². The van der Waals surface area contributed by atoms with E-state index < -0.39 is 35.5 Å². The summed E-state index contributed by atoms with van der Waals surface area (Å²) >= 11 is 12.5. The van der Waals surface area contributed by atoms with Gasteiger partial charge in [-0.1, -0.05) is 65.7 Å². The minimum Gasteiger partial charge on any atom is -0.325 e. The Morgan fingerprint density at radius 3 is 2.26 bits per heavy atom. The summed E-state index contributed by atoms with van der Waals surface area (Å²) < 4.78 is 0. The Morgan fingerprint density at radius 2 is 1.59 bits per heavy atom. The summed E-state index contributed by atoms with van der Waals surface area (Å²) in [4.78, 5) is 52.1. The van der Waals surface area contributed by atoms with E-state index >= 15 is 0 Å². The maximum atomic E-state index is 13.4.